The van der Waals surface area contributed by atoms with Crippen LogP contribution in [0.3, 0.4) is 0 Å². The second kappa shape index (κ2) is 4.80. The van der Waals surface area contributed by atoms with E-state index >= 15 is 0 Å². The van der Waals surface area contributed by atoms with Crippen molar-refractivity contribution in [2.45, 2.75) is 45.6 Å². The van der Waals surface area contributed by atoms with Gasteiger partial charge in [0, 0.05) is 17.0 Å². The third-order valence-corrected chi connectivity index (χ3v) is 5.06. The molecule has 4 nitrogen and oxygen atoms in total. The Bertz CT molecular complexity index is 567. The quantitative estimate of drug-likeness (QED) is 0.797. The minimum Gasteiger partial charge on any atom is -0.481 e. The molecule has 0 amide bonds. The van der Waals surface area contributed by atoms with E-state index in [1.807, 2.05) is 12.1 Å². The molecule has 1 aliphatic carbocycles. The molecule has 2 aliphatic rings. The van der Waals surface area contributed by atoms with E-state index in [9.17, 15) is 4.79 Å². The molecule has 21 heavy (non-hydrogen) atoms. The molecule has 0 N–H and O–H groups in total. The molecule has 1 aliphatic heterocycles. The molecular formula is C17H24N2O2. The van der Waals surface area contributed by atoms with Gasteiger partial charge in [-0.15, -0.1) is 0 Å². The molecule has 2 heterocycles. The maximum absolute atomic E-state index is 12.9. The van der Waals surface area contributed by atoms with Crippen molar-refractivity contribution >= 4 is 5.78 Å². The number of ketones is 1. The van der Waals surface area contributed by atoms with E-state index in [2.05, 4.69) is 30.7 Å². The molecule has 4 heteroatoms. The Morgan fingerprint density at radius 3 is 2.48 bits per heavy atom. The standard InChI is InChI=1S/C17H24N2O2/c1-16(2,3)19-9-7-17(8-10-19)11-12-5-6-13(21-4)18-14(12)15(17)20/h5-6H,7-11H2,1-4H3. The van der Waals surface area contributed by atoms with Crippen LogP contribution in [0.4, 0.5) is 0 Å². The first-order chi connectivity index (χ1) is 9.86. The van der Waals surface area contributed by atoms with Gasteiger partial charge in [-0.25, -0.2) is 4.98 Å². The number of fused-ring (bicyclic) bond motifs is 1. The minimum absolute atomic E-state index is 0.178. The number of rotatable bonds is 1. The molecule has 1 aromatic rings. The molecule has 1 spiro atoms. The Hall–Kier alpha value is -1.42. The third kappa shape index (κ3) is 2.35. The van der Waals surface area contributed by atoms with Crippen LogP contribution < -0.4 is 4.74 Å². The highest BCUT2D eigenvalue weighted by Gasteiger charge is 2.48. The minimum atomic E-state index is -0.219. The van der Waals surface area contributed by atoms with Crippen LogP contribution in [0.25, 0.3) is 0 Å². The van der Waals surface area contributed by atoms with Crippen molar-refractivity contribution in [3.63, 3.8) is 0 Å². The van der Waals surface area contributed by atoms with Crippen LogP contribution in [0, 0.1) is 5.41 Å². The lowest BCUT2D eigenvalue weighted by Gasteiger charge is -2.44. The Balaban J connectivity index is 1.82. The zero-order valence-electron chi connectivity index (χ0n) is 13.4. The van der Waals surface area contributed by atoms with Crippen LogP contribution in [0.15, 0.2) is 12.1 Å². The average Bonchev–Trinajstić information content (AvgIpc) is 2.71. The number of likely N-dealkylation sites (tertiary alicyclic amines) is 1. The topological polar surface area (TPSA) is 42.4 Å². The smallest absolute Gasteiger partial charge is 0.213 e. The third-order valence-electron chi connectivity index (χ3n) is 5.06. The number of hydrogen-bond donors (Lipinski definition) is 0. The van der Waals surface area contributed by atoms with Gasteiger partial charge in [0.1, 0.15) is 5.69 Å². The Morgan fingerprint density at radius 2 is 1.90 bits per heavy atom. The number of hydrogen-bond acceptors (Lipinski definition) is 4. The van der Waals surface area contributed by atoms with Crippen LogP contribution in [-0.2, 0) is 6.42 Å². The predicted octanol–water partition coefficient (Wildman–Crippen LogP) is 2.71. The predicted molar refractivity (Wildman–Crippen MR) is 81.8 cm³/mol. The summed E-state index contributed by atoms with van der Waals surface area (Å²) in [4.78, 5) is 19.7. The molecule has 1 aromatic heterocycles. The second-order valence-corrected chi connectivity index (χ2v) is 7.31. The molecule has 3 rings (SSSR count). The fourth-order valence-corrected chi connectivity index (χ4v) is 3.63. The molecule has 0 bridgehead atoms. The van der Waals surface area contributed by atoms with Crippen molar-refractivity contribution in [3.8, 4) is 5.88 Å². The number of piperidine rings is 1. The fourth-order valence-electron chi connectivity index (χ4n) is 3.63. The number of aromatic nitrogens is 1. The van der Waals surface area contributed by atoms with Gasteiger partial charge in [-0.1, -0.05) is 6.07 Å². The molecular weight excluding hydrogens is 264 g/mol. The SMILES string of the molecule is COc1ccc2c(n1)C(=O)C1(CCN(C(C)(C)C)CC1)C2. The van der Waals surface area contributed by atoms with E-state index in [0.717, 1.165) is 37.9 Å². The van der Waals surface area contributed by atoms with E-state index in [-0.39, 0.29) is 16.7 Å². The second-order valence-electron chi connectivity index (χ2n) is 7.31. The number of Topliss-reactive ketones (excluding diaryl/α,β-unsaturated/α-hetero) is 1. The highest BCUT2D eigenvalue weighted by Crippen LogP contribution is 2.45. The fraction of sp³-hybridized carbons (Fsp3) is 0.647. The Morgan fingerprint density at radius 1 is 1.24 bits per heavy atom. The van der Waals surface area contributed by atoms with Gasteiger partial charge in [0.2, 0.25) is 5.88 Å². The molecule has 1 saturated heterocycles. The van der Waals surface area contributed by atoms with Crippen molar-refractivity contribution in [3.05, 3.63) is 23.4 Å². The lowest BCUT2D eigenvalue weighted by Crippen LogP contribution is -2.50. The summed E-state index contributed by atoms with van der Waals surface area (Å²) in [5, 5.41) is 0. The van der Waals surface area contributed by atoms with Crippen molar-refractivity contribution in [2.75, 3.05) is 20.2 Å². The molecule has 1 fully saturated rings. The first-order valence-electron chi connectivity index (χ1n) is 7.69. The van der Waals surface area contributed by atoms with Gasteiger partial charge in [-0.3, -0.25) is 9.69 Å². The van der Waals surface area contributed by atoms with E-state index in [0.29, 0.717) is 11.6 Å². The number of ether oxygens (including phenoxy) is 1. The largest absolute Gasteiger partial charge is 0.481 e. The number of carbonyl (C=O) groups excluding carboxylic acids is 1. The monoisotopic (exact) mass is 288 g/mol. The first kappa shape index (κ1) is 14.5. The van der Waals surface area contributed by atoms with Crippen molar-refractivity contribution in [1.29, 1.82) is 0 Å². The molecule has 114 valence electrons. The first-order valence-corrected chi connectivity index (χ1v) is 7.69. The Kier molecular flexibility index (Phi) is 3.32. The molecule has 0 atom stereocenters. The molecule has 0 aromatic carbocycles. The summed E-state index contributed by atoms with van der Waals surface area (Å²) >= 11 is 0. The van der Waals surface area contributed by atoms with Crippen molar-refractivity contribution in [2.24, 2.45) is 5.41 Å². The van der Waals surface area contributed by atoms with Crippen LogP contribution in [-0.4, -0.2) is 41.4 Å². The van der Waals surface area contributed by atoms with Gasteiger partial charge < -0.3 is 4.74 Å². The summed E-state index contributed by atoms with van der Waals surface area (Å²) in [7, 11) is 1.59. The van der Waals surface area contributed by atoms with E-state index in [4.69, 9.17) is 4.74 Å². The summed E-state index contributed by atoms with van der Waals surface area (Å²) in [6.07, 6.45) is 2.71. The zero-order valence-corrected chi connectivity index (χ0v) is 13.4. The van der Waals surface area contributed by atoms with Crippen molar-refractivity contribution < 1.29 is 9.53 Å². The molecule has 0 unspecified atom stereocenters. The summed E-state index contributed by atoms with van der Waals surface area (Å²) in [6, 6.07) is 3.86. The highest BCUT2D eigenvalue weighted by molar-refractivity contribution is 6.03. The van der Waals surface area contributed by atoms with Crippen LogP contribution in [0.2, 0.25) is 0 Å². The lowest BCUT2D eigenvalue weighted by molar-refractivity contribution is 0.0392. The lowest BCUT2D eigenvalue weighted by atomic mass is 9.74. The van der Waals surface area contributed by atoms with Gasteiger partial charge in [0.25, 0.3) is 0 Å². The number of pyridine rings is 1. The van der Waals surface area contributed by atoms with Gasteiger partial charge in [-0.05, 0) is 58.7 Å². The summed E-state index contributed by atoms with van der Waals surface area (Å²) in [6.45, 7) is 8.69. The normalized spacial score (nSPS) is 21.6. The molecule has 0 radical (unpaired) electrons. The van der Waals surface area contributed by atoms with Crippen LogP contribution >= 0.6 is 0 Å². The summed E-state index contributed by atoms with van der Waals surface area (Å²) in [5.74, 6) is 0.760. The van der Waals surface area contributed by atoms with E-state index < -0.39 is 0 Å². The van der Waals surface area contributed by atoms with E-state index in [1.54, 1.807) is 7.11 Å². The zero-order chi connectivity index (χ0) is 15.3. The number of nitrogens with zero attached hydrogens (tertiary/aromatic N) is 2. The number of methoxy groups -OCH3 is 1. The summed E-state index contributed by atoms with van der Waals surface area (Å²) in [5.41, 5.74) is 1.68. The van der Waals surface area contributed by atoms with E-state index in [1.165, 1.54) is 0 Å². The Labute approximate surface area is 126 Å². The van der Waals surface area contributed by atoms with Crippen LogP contribution in [0.1, 0.15) is 49.7 Å². The number of carbonyl (C=O) groups is 1. The van der Waals surface area contributed by atoms with Gasteiger partial charge in [-0.2, -0.15) is 0 Å². The van der Waals surface area contributed by atoms with Gasteiger partial charge in [0.05, 0.1) is 7.11 Å². The average molecular weight is 288 g/mol. The maximum atomic E-state index is 12.9. The highest BCUT2D eigenvalue weighted by atomic mass is 16.5. The van der Waals surface area contributed by atoms with Crippen LogP contribution in [0.5, 0.6) is 5.88 Å². The maximum Gasteiger partial charge on any atom is 0.213 e. The molecule has 0 saturated carbocycles. The van der Waals surface area contributed by atoms with Crippen molar-refractivity contribution in [1.82, 2.24) is 9.88 Å². The van der Waals surface area contributed by atoms with Gasteiger partial charge >= 0.3 is 0 Å². The summed E-state index contributed by atoms with van der Waals surface area (Å²) < 4.78 is 5.15. The van der Waals surface area contributed by atoms with Gasteiger partial charge in [0.15, 0.2) is 5.78 Å².